The van der Waals surface area contributed by atoms with Gasteiger partial charge in [0.1, 0.15) is 0 Å². The van der Waals surface area contributed by atoms with Crippen LogP contribution in [0.3, 0.4) is 0 Å². The number of fused-ring (bicyclic) bond motifs is 1. The number of hydrogen-bond acceptors (Lipinski definition) is 1. The summed E-state index contributed by atoms with van der Waals surface area (Å²) in [4.78, 5) is 14.9. The molecular formula is C20H18BrN3O. The van der Waals surface area contributed by atoms with Crippen LogP contribution in [0.1, 0.15) is 17.3 Å². The normalized spacial score (nSPS) is 16.4. The summed E-state index contributed by atoms with van der Waals surface area (Å²) in [6.45, 7) is 1.47. The summed E-state index contributed by atoms with van der Waals surface area (Å²) in [7, 11) is 0. The summed E-state index contributed by atoms with van der Waals surface area (Å²) in [6, 6.07) is 21.7. The molecule has 0 aliphatic carbocycles. The average Bonchev–Trinajstić information content (AvgIpc) is 3.11. The summed E-state index contributed by atoms with van der Waals surface area (Å²) in [5.41, 5.74) is 3.05. The van der Waals surface area contributed by atoms with Crippen molar-refractivity contribution in [3.8, 4) is 0 Å². The molecule has 1 atom stereocenters. The van der Waals surface area contributed by atoms with E-state index < -0.39 is 0 Å². The number of halogens is 1. The van der Waals surface area contributed by atoms with Crippen molar-refractivity contribution in [2.24, 2.45) is 0 Å². The third-order valence-electron chi connectivity index (χ3n) is 4.51. The van der Waals surface area contributed by atoms with Crippen LogP contribution >= 0.6 is 15.9 Å². The maximum atomic E-state index is 12.9. The molecular weight excluding hydrogens is 378 g/mol. The molecule has 25 heavy (non-hydrogen) atoms. The van der Waals surface area contributed by atoms with E-state index in [0.717, 1.165) is 28.0 Å². The lowest BCUT2D eigenvalue weighted by molar-refractivity contribution is 0.182. The molecule has 5 heteroatoms. The lowest BCUT2D eigenvalue weighted by atomic mass is 10.0. The van der Waals surface area contributed by atoms with Gasteiger partial charge in [0, 0.05) is 35.1 Å². The number of nitrogens with zero attached hydrogens (tertiary/aromatic N) is 2. The van der Waals surface area contributed by atoms with Crippen molar-refractivity contribution in [3.05, 3.63) is 88.7 Å². The van der Waals surface area contributed by atoms with Gasteiger partial charge in [-0.25, -0.2) is 4.79 Å². The average molecular weight is 396 g/mol. The van der Waals surface area contributed by atoms with E-state index in [1.807, 2.05) is 53.4 Å². The summed E-state index contributed by atoms with van der Waals surface area (Å²) in [6.07, 6.45) is 2.08. The Kier molecular flexibility index (Phi) is 4.32. The van der Waals surface area contributed by atoms with Crippen molar-refractivity contribution >= 4 is 27.6 Å². The fourth-order valence-electron chi connectivity index (χ4n) is 3.31. The van der Waals surface area contributed by atoms with Gasteiger partial charge < -0.3 is 14.8 Å². The van der Waals surface area contributed by atoms with E-state index in [0.29, 0.717) is 6.54 Å². The predicted octanol–water partition coefficient (Wildman–Crippen LogP) is 4.89. The van der Waals surface area contributed by atoms with Gasteiger partial charge in [-0.05, 0) is 42.0 Å². The topological polar surface area (TPSA) is 37.3 Å². The van der Waals surface area contributed by atoms with E-state index in [2.05, 4.69) is 50.2 Å². The minimum Gasteiger partial charge on any atom is -0.348 e. The van der Waals surface area contributed by atoms with Gasteiger partial charge in [-0.2, -0.15) is 0 Å². The molecule has 0 radical (unpaired) electrons. The monoisotopic (exact) mass is 395 g/mol. The van der Waals surface area contributed by atoms with E-state index in [4.69, 9.17) is 0 Å². The molecule has 126 valence electrons. The zero-order chi connectivity index (χ0) is 17.2. The first-order chi connectivity index (χ1) is 12.2. The van der Waals surface area contributed by atoms with E-state index >= 15 is 0 Å². The Labute approximate surface area is 155 Å². The van der Waals surface area contributed by atoms with Gasteiger partial charge in [0.05, 0.1) is 6.04 Å². The fraction of sp³-hybridized carbons (Fsp3) is 0.150. The van der Waals surface area contributed by atoms with Gasteiger partial charge in [0.25, 0.3) is 0 Å². The Morgan fingerprint density at radius 2 is 1.72 bits per heavy atom. The van der Waals surface area contributed by atoms with Crippen LogP contribution in [0.15, 0.2) is 77.4 Å². The number of benzene rings is 2. The molecule has 1 aliphatic rings. The van der Waals surface area contributed by atoms with Crippen LogP contribution in [-0.2, 0) is 6.54 Å². The second kappa shape index (κ2) is 6.76. The summed E-state index contributed by atoms with van der Waals surface area (Å²) in [5.74, 6) is 0. The zero-order valence-electron chi connectivity index (χ0n) is 13.6. The molecule has 0 saturated carbocycles. The van der Waals surface area contributed by atoms with Gasteiger partial charge in [-0.15, -0.1) is 0 Å². The van der Waals surface area contributed by atoms with Gasteiger partial charge in [0.2, 0.25) is 0 Å². The molecule has 0 saturated heterocycles. The third kappa shape index (κ3) is 3.20. The summed E-state index contributed by atoms with van der Waals surface area (Å²) < 4.78 is 3.25. The molecule has 4 rings (SSSR count). The Morgan fingerprint density at radius 1 is 0.960 bits per heavy atom. The molecule has 0 spiro atoms. The number of amides is 2. The highest BCUT2D eigenvalue weighted by molar-refractivity contribution is 9.10. The fourth-order valence-corrected chi connectivity index (χ4v) is 3.58. The molecule has 4 nitrogen and oxygen atoms in total. The minimum atomic E-state index is -0.0967. The maximum Gasteiger partial charge on any atom is 0.322 e. The third-order valence-corrected chi connectivity index (χ3v) is 5.04. The smallest absolute Gasteiger partial charge is 0.322 e. The SMILES string of the molecule is O=C(Nc1ccccc1)N1CCn2cccc2C1c1ccc(Br)cc1. The van der Waals surface area contributed by atoms with E-state index in [9.17, 15) is 4.79 Å². The molecule has 2 heterocycles. The van der Waals surface area contributed by atoms with E-state index in [-0.39, 0.29) is 12.1 Å². The first-order valence-electron chi connectivity index (χ1n) is 8.25. The first kappa shape index (κ1) is 16.0. The highest BCUT2D eigenvalue weighted by Gasteiger charge is 2.32. The number of urea groups is 1. The van der Waals surface area contributed by atoms with Gasteiger partial charge in [-0.3, -0.25) is 0 Å². The number of anilines is 1. The predicted molar refractivity (Wildman–Crippen MR) is 103 cm³/mol. The standard InChI is InChI=1S/C20H18BrN3O/c21-16-10-8-15(9-11-16)19-18-7-4-12-23(18)13-14-24(19)20(25)22-17-5-2-1-3-6-17/h1-12,19H,13-14H2,(H,22,25). The number of hydrogen-bond donors (Lipinski definition) is 1. The number of aromatic nitrogens is 1. The van der Waals surface area contributed by atoms with E-state index in [1.54, 1.807) is 0 Å². The van der Waals surface area contributed by atoms with Crippen molar-refractivity contribution < 1.29 is 4.79 Å². The molecule has 2 amide bonds. The first-order valence-corrected chi connectivity index (χ1v) is 9.05. The number of rotatable bonds is 2. The number of carbonyl (C=O) groups excluding carboxylic acids is 1. The molecule has 2 aromatic carbocycles. The maximum absolute atomic E-state index is 12.9. The minimum absolute atomic E-state index is 0.0773. The van der Waals surface area contributed by atoms with Crippen LogP contribution in [0.4, 0.5) is 10.5 Å². The van der Waals surface area contributed by atoms with Crippen LogP contribution in [0, 0.1) is 0 Å². The molecule has 1 N–H and O–H groups in total. The second-order valence-electron chi connectivity index (χ2n) is 6.07. The van der Waals surface area contributed by atoms with Crippen LogP contribution in [0.2, 0.25) is 0 Å². The van der Waals surface area contributed by atoms with Crippen LogP contribution in [0.5, 0.6) is 0 Å². The Balaban J connectivity index is 1.68. The molecule has 1 aromatic heterocycles. The lowest BCUT2D eigenvalue weighted by Crippen LogP contribution is -2.44. The van der Waals surface area contributed by atoms with Crippen LogP contribution < -0.4 is 5.32 Å². The van der Waals surface area contributed by atoms with E-state index in [1.165, 1.54) is 0 Å². The van der Waals surface area contributed by atoms with Gasteiger partial charge in [-0.1, -0.05) is 46.3 Å². The Bertz CT molecular complexity index is 873. The molecule has 1 unspecified atom stereocenters. The largest absolute Gasteiger partial charge is 0.348 e. The van der Waals surface area contributed by atoms with Crippen LogP contribution in [-0.4, -0.2) is 22.0 Å². The summed E-state index contributed by atoms with van der Waals surface area (Å²) >= 11 is 3.48. The molecule has 0 bridgehead atoms. The van der Waals surface area contributed by atoms with Gasteiger partial charge in [0.15, 0.2) is 0 Å². The second-order valence-corrected chi connectivity index (χ2v) is 6.99. The lowest BCUT2D eigenvalue weighted by Gasteiger charge is -2.37. The number of nitrogens with one attached hydrogen (secondary N) is 1. The van der Waals surface area contributed by atoms with Crippen molar-refractivity contribution in [1.29, 1.82) is 0 Å². The van der Waals surface area contributed by atoms with Crippen molar-refractivity contribution in [2.45, 2.75) is 12.6 Å². The highest BCUT2D eigenvalue weighted by atomic mass is 79.9. The number of para-hydroxylation sites is 1. The highest BCUT2D eigenvalue weighted by Crippen LogP contribution is 2.33. The van der Waals surface area contributed by atoms with Crippen molar-refractivity contribution in [2.75, 3.05) is 11.9 Å². The van der Waals surface area contributed by atoms with Crippen LogP contribution in [0.25, 0.3) is 0 Å². The Morgan fingerprint density at radius 3 is 2.48 bits per heavy atom. The quantitative estimate of drug-likeness (QED) is 0.658. The zero-order valence-corrected chi connectivity index (χ0v) is 15.2. The Hall–Kier alpha value is -2.53. The number of carbonyl (C=O) groups is 1. The van der Waals surface area contributed by atoms with Gasteiger partial charge >= 0.3 is 6.03 Å². The van der Waals surface area contributed by atoms with Crippen molar-refractivity contribution in [1.82, 2.24) is 9.47 Å². The molecule has 0 fully saturated rings. The molecule has 1 aliphatic heterocycles. The summed E-state index contributed by atoms with van der Waals surface area (Å²) in [5, 5.41) is 3.01. The molecule has 3 aromatic rings. The van der Waals surface area contributed by atoms with Crippen molar-refractivity contribution in [3.63, 3.8) is 0 Å².